The molecule has 0 radical (unpaired) electrons. The van der Waals surface area contributed by atoms with Crippen LogP contribution in [0.3, 0.4) is 0 Å². The number of thiophene rings is 1. The minimum atomic E-state index is 0.759. The molecule has 4 heterocycles. The van der Waals surface area contributed by atoms with E-state index in [1.54, 1.807) is 18.6 Å². The highest BCUT2D eigenvalue weighted by molar-refractivity contribution is 7.24. The van der Waals surface area contributed by atoms with E-state index in [0.29, 0.717) is 0 Å². The molecular weight excluding hydrogens is 306 g/mol. The number of fused-ring (bicyclic) bond motifs is 4. The lowest BCUT2D eigenvalue weighted by Gasteiger charge is -2.02. The van der Waals surface area contributed by atoms with Crippen LogP contribution in [0.5, 0.6) is 0 Å². The molecule has 4 aromatic heterocycles. The van der Waals surface area contributed by atoms with Crippen molar-refractivity contribution >= 4 is 42.9 Å². The van der Waals surface area contributed by atoms with Crippen LogP contribution in [0.1, 0.15) is 0 Å². The fourth-order valence-corrected chi connectivity index (χ4v) is 3.52. The number of hydrogen-bond donors (Lipinski definition) is 0. The van der Waals surface area contributed by atoms with Crippen molar-refractivity contribution in [2.24, 2.45) is 0 Å². The van der Waals surface area contributed by atoms with E-state index in [-0.39, 0.29) is 0 Å². The number of hydrogen-bond acceptors (Lipinski definition) is 6. The Morgan fingerprint density at radius 3 is 2.57 bits per heavy atom. The predicted molar refractivity (Wildman–Crippen MR) is 91.2 cm³/mol. The van der Waals surface area contributed by atoms with Gasteiger partial charge >= 0.3 is 0 Å². The van der Waals surface area contributed by atoms with Gasteiger partial charge in [0.15, 0.2) is 0 Å². The van der Waals surface area contributed by atoms with E-state index in [0.717, 1.165) is 43.0 Å². The minimum absolute atomic E-state index is 0.759. The van der Waals surface area contributed by atoms with Gasteiger partial charge in [-0.1, -0.05) is 35.6 Å². The molecule has 5 aromatic rings. The average Bonchev–Trinajstić information content (AvgIpc) is 2.99. The van der Waals surface area contributed by atoms with Gasteiger partial charge in [-0.05, 0) is 12.1 Å². The van der Waals surface area contributed by atoms with Crippen LogP contribution in [0.4, 0.5) is 0 Å². The molecule has 0 aliphatic heterocycles. The molecule has 0 fully saturated rings. The molecule has 0 amide bonds. The van der Waals surface area contributed by atoms with Crippen molar-refractivity contribution in [2.75, 3.05) is 0 Å². The van der Waals surface area contributed by atoms with E-state index in [1.807, 2.05) is 30.3 Å². The van der Waals surface area contributed by atoms with Crippen LogP contribution in [0.25, 0.3) is 43.0 Å². The Morgan fingerprint density at radius 2 is 1.57 bits per heavy atom. The van der Waals surface area contributed by atoms with Gasteiger partial charge in [0.1, 0.15) is 26.4 Å². The van der Waals surface area contributed by atoms with Crippen LogP contribution in [0, 0.1) is 0 Å². The molecule has 0 aliphatic carbocycles. The largest absolute Gasteiger partial charge is 0.250 e. The molecule has 0 atom stereocenters. The molecule has 0 aliphatic rings. The van der Waals surface area contributed by atoms with Crippen LogP contribution >= 0.6 is 11.3 Å². The van der Waals surface area contributed by atoms with Crippen molar-refractivity contribution in [1.82, 2.24) is 24.9 Å². The summed E-state index contributed by atoms with van der Waals surface area (Å²) in [4.78, 5) is 24.3. The van der Waals surface area contributed by atoms with Gasteiger partial charge in [-0.3, -0.25) is 0 Å². The summed E-state index contributed by atoms with van der Waals surface area (Å²) in [5.74, 6) is 0. The predicted octanol–water partition coefficient (Wildman–Crippen LogP) is 3.85. The Kier molecular flexibility index (Phi) is 2.59. The molecule has 108 valence electrons. The van der Waals surface area contributed by atoms with Crippen LogP contribution in [-0.2, 0) is 0 Å². The van der Waals surface area contributed by atoms with E-state index in [9.17, 15) is 0 Å². The Bertz CT molecular complexity index is 1180. The molecule has 5 rings (SSSR count). The van der Waals surface area contributed by atoms with Crippen molar-refractivity contribution in [1.29, 1.82) is 0 Å². The maximum absolute atomic E-state index is 4.70. The third-order valence-electron chi connectivity index (χ3n) is 3.68. The first-order valence-electron chi connectivity index (χ1n) is 7.11. The smallest absolute Gasteiger partial charge is 0.146 e. The van der Waals surface area contributed by atoms with Gasteiger partial charge in [0, 0.05) is 17.8 Å². The maximum Gasteiger partial charge on any atom is 0.146 e. The SMILES string of the molecule is c1ccc2nc(-c3cnc4c(n3)sc3nccnc34)ccc2c1. The third-order valence-corrected chi connectivity index (χ3v) is 4.65. The van der Waals surface area contributed by atoms with Crippen LogP contribution in [-0.4, -0.2) is 24.9 Å². The fraction of sp³-hybridized carbons (Fsp3) is 0. The normalized spacial score (nSPS) is 11.5. The summed E-state index contributed by atoms with van der Waals surface area (Å²) >= 11 is 1.50. The van der Waals surface area contributed by atoms with Crippen molar-refractivity contribution in [3.63, 3.8) is 0 Å². The fourth-order valence-electron chi connectivity index (χ4n) is 2.59. The van der Waals surface area contributed by atoms with Crippen LogP contribution < -0.4 is 0 Å². The summed E-state index contributed by atoms with van der Waals surface area (Å²) in [5.41, 5.74) is 4.12. The van der Waals surface area contributed by atoms with Crippen molar-refractivity contribution in [3.8, 4) is 11.4 Å². The molecule has 5 nitrogen and oxygen atoms in total. The quantitative estimate of drug-likeness (QED) is 0.470. The Morgan fingerprint density at radius 1 is 0.696 bits per heavy atom. The second-order valence-corrected chi connectivity index (χ2v) is 6.09. The summed E-state index contributed by atoms with van der Waals surface area (Å²) in [6, 6.07) is 12.1. The molecular formula is C17H9N5S. The summed E-state index contributed by atoms with van der Waals surface area (Å²) in [6.07, 6.45) is 5.11. The van der Waals surface area contributed by atoms with E-state index in [2.05, 4.69) is 26.0 Å². The first-order valence-corrected chi connectivity index (χ1v) is 7.92. The first kappa shape index (κ1) is 12.5. The van der Waals surface area contributed by atoms with Crippen molar-refractivity contribution < 1.29 is 0 Å². The standard InChI is InChI=1S/C17H9N5S/c1-2-4-11-10(3-1)5-6-12(21-11)13-9-20-15-14-16(19-8-7-18-14)23-17(15)22-13/h1-9H. The number of aromatic nitrogens is 5. The molecule has 0 unspecified atom stereocenters. The highest BCUT2D eigenvalue weighted by Gasteiger charge is 2.11. The monoisotopic (exact) mass is 315 g/mol. The highest BCUT2D eigenvalue weighted by Crippen LogP contribution is 2.29. The van der Waals surface area contributed by atoms with Gasteiger partial charge < -0.3 is 0 Å². The Labute approximate surface area is 134 Å². The van der Waals surface area contributed by atoms with Crippen LogP contribution in [0.15, 0.2) is 55.0 Å². The second kappa shape index (κ2) is 4.76. The molecule has 0 spiro atoms. The lowest BCUT2D eigenvalue weighted by molar-refractivity contribution is 1.26. The molecule has 0 saturated heterocycles. The highest BCUT2D eigenvalue weighted by atomic mass is 32.1. The number of benzene rings is 1. The molecule has 23 heavy (non-hydrogen) atoms. The molecule has 0 bridgehead atoms. The molecule has 0 N–H and O–H groups in total. The van der Waals surface area contributed by atoms with Gasteiger partial charge in [0.25, 0.3) is 0 Å². The van der Waals surface area contributed by atoms with E-state index in [1.165, 1.54) is 11.3 Å². The number of pyridine rings is 1. The molecule has 6 heteroatoms. The number of rotatable bonds is 1. The van der Waals surface area contributed by atoms with Gasteiger partial charge in [0.2, 0.25) is 0 Å². The number of para-hydroxylation sites is 1. The molecule has 1 aromatic carbocycles. The van der Waals surface area contributed by atoms with Crippen molar-refractivity contribution in [3.05, 3.63) is 55.0 Å². The maximum atomic E-state index is 4.70. The van der Waals surface area contributed by atoms with E-state index < -0.39 is 0 Å². The first-order chi connectivity index (χ1) is 11.4. The van der Waals surface area contributed by atoms with Gasteiger partial charge in [-0.15, -0.1) is 0 Å². The van der Waals surface area contributed by atoms with Gasteiger partial charge in [-0.2, -0.15) is 0 Å². The summed E-state index contributed by atoms with van der Waals surface area (Å²) in [7, 11) is 0. The van der Waals surface area contributed by atoms with Gasteiger partial charge in [0.05, 0.1) is 17.4 Å². The van der Waals surface area contributed by atoms with E-state index in [4.69, 9.17) is 4.98 Å². The lowest BCUT2D eigenvalue weighted by Crippen LogP contribution is -1.90. The van der Waals surface area contributed by atoms with Crippen molar-refractivity contribution in [2.45, 2.75) is 0 Å². The Balaban J connectivity index is 1.73. The summed E-state index contributed by atoms with van der Waals surface area (Å²) in [6.45, 7) is 0. The zero-order chi connectivity index (χ0) is 15.2. The summed E-state index contributed by atoms with van der Waals surface area (Å²) < 4.78 is 0. The minimum Gasteiger partial charge on any atom is -0.250 e. The lowest BCUT2D eigenvalue weighted by atomic mass is 10.2. The molecule has 0 saturated carbocycles. The van der Waals surface area contributed by atoms with Crippen LogP contribution in [0.2, 0.25) is 0 Å². The van der Waals surface area contributed by atoms with E-state index >= 15 is 0 Å². The average molecular weight is 315 g/mol. The number of nitrogens with zero attached hydrogens (tertiary/aromatic N) is 5. The van der Waals surface area contributed by atoms with Gasteiger partial charge in [-0.25, -0.2) is 24.9 Å². The Hall–Kier alpha value is -2.99. The zero-order valence-electron chi connectivity index (χ0n) is 11.8. The zero-order valence-corrected chi connectivity index (χ0v) is 12.7. The topological polar surface area (TPSA) is 64.5 Å². The third kappa shape index (κ3) is 1.96. The second-order valence-electron chi connectivity index (χ2n) is 5.11. The summed E-state index contributed by atoms with van der Waals surface area (Å²) in [5, 5.41) is 1.11.